The number of hydrogen-bond donors (Lipinski definition) is 2. The van der Waals surface area contributed by atoms with E-state index in [1.165, 1.54) is 11.1 Å². The van der Waals surface area contributed by atoms with Crippen molar-refractivity contribution in [1.29, 1.82) is 0 Å². The van der Waals surface area contributed by atoms with E-state index in [0.717, 1.165) is 61.3 Å². The summed E-state index contributed by atoms with van der Waals surface area (Å²) in [5.74, 6) is 0. The third-order valence-corrected chi connectivity index (χ3v) is 8.96. The molecule has 9 heteroatoms. The summed E-state index contributed by atoms with van der Waals surface area (Å²) in [4.78, 5) is 26.1. The SMILES string of the molecule is Cc1cc(-c2ccc3c(c2)CCC3N2CCC(N(C)C(=O)N[C@@H](C)c3ccc(N)c(Cl)c3Cl)CC2)ncn1. The molecule has 200 valence electrons. The molecule has 3 aromatic rings. The van der Waals surface area contributed by atoms with E-state index in [4.69, 9.17) is 28.9 Å². The van der Waals surface area contributed by atoms with Crippen molar-refractivity contribution in [3.63, 3.8) is 0 Å². The van der Waals surface area contributed by atoms with Crippen molar-refractivity contribution in [2.45, 2.75) is 57.7 Å². The lowest BCUT2D eigenvalue weighted by atomic mass is 9.98. The predicted octanol–water partition coefficient (Wildman–Crippen LogP) is 6.20. The van der Waals surface area contributed by atoms with Gasteiger partial charge >= 0.3 is 6.03 Å². The van der Waals surface area contributed by atoms with E-state index in [1.807, 2.05) is 37.9 Å². The number of nitrogen functional groups attached to an aromatic ring is 1. The maximum absolute atomic E-state index is 13.1. The van der Waals surface area contributed by atoms with Crippen LogP contribution >= 0.6 is 23.2 Å². The van der Waals surface area contributed by atoms with Crippen LogP contribution in [-0.4, -0.2) is 52.0 Å². The van der Waals surface area contributed by atoms with Crippen molar-refractivity contribution in [2.24, 2.45) is 0 Å². The van der Waals surface area contributed by atoms with E-state index in [9.17, 15) is 4.79 Å². The number of rotatable bonds is 5. The first kappa shape index (κ1) is 26.7. The zero-order chi connectivity index (χ0) is 27.0. The first-order valence-corrected chi connectivity index (χ1v) is 13.9. The molecule has 1 unspecified atom stereocenters. The maximum atomic E-state index is 13.1. The molecular weight excluding hydrogens is 519 g/mol. The lowest BCUT2D eigenvalue weighted by Gasteiger charge is -2.40. The van der Waals surface area contributed by atoms with Gasteiger partial charge in [-0.3, -0.25) is 4.90 Å². The zero-order valence-electron chi connectivity index (χ0n) is 22.0. The number of nitrogens with zero attached hydrogens (tertiary/aromatic N) is 4. The molecule has 0 saturated carbocycles. The summed E-state index contributed by atoms with van der Waals surface area (Å²) in [5.41, 5.74) is 13.0. The normalized spacial score (nSPS) is 18.7. The molecule has 7 nitrogen and oxygen atoms in total. The molecule has 0 spiro atoms. The number of halogens is 2. The van der Waals surface area contributed by atoms with Gasteiger partial charge in [0.2, 0.25) is 0 Å². The van der Waals surface area contributed by atoms with E-state index < -0.39 is 0 Å². The van der Waals surface area contributed by atoms with Crippen molar-refractivity contribution in [1.82, 2.24) is 25.1 Å². The first-order chi connectivity index (χ1) is 18.2. The lowest BCUT2D eigenvalue weighted by molar-refractivity contribution is 0.105. The molecule has 1 saturated heterocycles. The number of amides is 2. The Hall–Kier alpha value is -2.87. The topological polar surface area (TPSA) is 87.4 Å². The molecule has 5 rings (SSSR count). The molecule has 1 aromatic heterocycles. The van der Waals surface area contributed by atoms with Crippen LogP contribution in [0.25, 0.3) is 11.3 Å². The standard InChI is InChI=1S/C29H34Cl2N6O/c1-17-14-25(34-16-33-17)20-4-6-23-19(15-20)5-9-26(23)37-12-10-21(11-13-37)36(3)29(38)35-18(2)22-7-8-24(32)28(31)27(22)30/h4,6-8,14-16,18,21,26H,5,9-13,32H2,1-3H3,(H,35,38)/t18-,26?/m0/s1. The van der Waals surface area contributed by atoms with Gasteiger partial charge in [0.25, 0.3) is 0 Å². The molecule has 1 fully saturated rings. The predicted molar refractivity (Wildman–Crippen MR) is 153 cm³/mol. The quantitative estimate of drug-likeness (QED) is 0.368. The fourth-order valence-corrected chi connectivity index (χ4v) is 6.28. The molecule has 2 atom stereocenters. The van der Waals surface area contributed by atoms with Crippen molar-refractivity contribution in [3.8, 4) is 11.3 Å². The van der Waals surface area contributed by atoms with Gasteiger partial charge in [-0.2, -0.15) is 0 Å². The molecule has 0 bridgehead atoms. The van der Waals surface area contributed by atoms with E-state index >= 15 is 0 Å². The number of urea groups is 1. The molecule has 2 aliphatic rings. The van der Waals surface area contributed by atoms with E-state index in [-0.39, 0.29) is 18.1 Å². The number of nitrogens with two attached hydrogens (primary N) is 1. The number of hydrogen-bond acceptors (Lipinski definition) is 5. The maximum Gasteiger partial charge on any atom is 0.317 e. The molecule has 2 aromatic carbocycles. The van der Waals surface area contributed by atoms with Gasteiger partial charge in [-0.05, 0) is 74.4 Å². The molecule has 2 amide bonds. The van der Waals surface area contributed by atoms with Crippen LogP contribution < -0.4 is 11.1 Å². The summed E-state index contributed by atoms with van der Waals surface area (Å²) < 4.78 is 0. The molecule has 2 heterocycles. The minimum absolute atomic E-state index is 0.112. The summed E-state index contributed by atoms with van der Waals surface area (Å²) in [6, 6.07) is 12.5. The van der Waals surface area contributed by atoms with E-state index in [0.29, 0.717) is 21.8 Å². The van der Waals surface area contributed by atoms with Crippen molar-refractivity contribution in [3.05, 3.63) is 75.2 Å². The first-order valence-electron chi connectivity index (χ1n) is 13.2. The molecule has 38 heavy (non-hydrogen) atoms. The second-order valence-electron chi connectivity index (χ2n) is 10.4. The minimum Gasteiger partial charge on any atom is -0.397 e. The molecular formula is C29H34Cl2N6O. The number of fused-ring (bicyclic) bond motifs is 1. The van der Waals surface area contributed by atoms with Crippen LogP contribution in [0.3, 0.4) is 0 Å². The highest BCUT2D eigenvalue weighted by molar-refractivity contribution is 6.44. The molecule has 1 aliphatic heterocycles. The second kappa shape index (κ2) is 11.1. The Morgan fingerprint density at radius 3 is 2.61 bits per heavy atom. The minimum atomic E-state index is -0.290. The van der Waals surface area contributed by atoms with E-state index in [1.54, 1.807) is 12.4 Å². The van der Waals surface area contributed by atoms with Crippen LogP contribution in [0.5, 0.6) is 0 Å². The summed E-state index contributed by atoms with van der Waals surface area (Å²) in [6.07, 6.45) is 5.72. The smallest absolute Gasteiger partial charge is 0.317 e. The van der Waals surface area contributed by atoms with E-state index in [2.05, 4.69) is 38.4 Å². The van der Waals surface area contributed by atoms with Crippen LogP contribution in [-0.2, 0) is 6.42 Å². The number of benzene rings is 2. The number of piperidine rings is 1. The number of nitrogens with one attached hydrogen (secondary N) is 1. The average Bonchev–Trinajstić information content (AvgIpc) is 3.34. The highest BCUT2D eigenvalue weighted by Crippen LogP contribution is 2.39. The van der Waals surface area contributed by atoms with Crippen LogP contribution in [0.15, 0.2) is 42.7 Å². The van der Waals surface area contributed by atoms with Crippen molar-refractivity contribution < 1.29 is 4.79 Å². The molecule has 0 radical (unpaired) electrons. The summed E-state index contributed by atoms with van der Waals surface area (Å²) in [6.45, 7) is 5.82. The fourth-order valence-electron chi connectivity index (χ4n) is 5.78. The number of carbonyl (C=O) groups is 1. The molecule has 1 aliphatic carbocycles. The van der Waals surface area contributed by atoms with Gasteiger partial charge < -0.3 is 16.0 Å². The highest BCUT2D eigenvalue weighted by Gasteiger charge is 2.33. The molecule has 3 N–H and O–H groups in total. The van der Waals surface area contributed by atoms with Gasteiger partial charge in [0, 0.05) is 43.5 Å². The Morgan fingerprint density at radius 1 is 1.11 bits per heavy atom. The average molecular weight is 554 g/mol. The fraction of sp³-hybridized carbons (Fsp3) is 0.414. The summed E-state index contributed by atoms with van der Waals surface area (Å²) >= 11 is 12.6. The number of likely N-dealkylation sites (tertiary alicyclic amines) is 1. The van der Waals surface area contributed by atoms with Crippen molar-refractivity contribution in [2.75, 3.05) is 25.9 Å². The van der Waals surface area contributed by atoms with Gasteiger partial charge in [-0.1, -0.05) is 41.4 Å². The third kappa shape index (κ3) is 5.33. The van der Waals surface area contributed by atoms with Gasteiger partial charge in [0.05, 0.1) is 27.5 Å². The van der Waals surface area contributed by atoms with Gasteiger partial charge in [0.15, 0.2) is 0 Å². The van der Waals surface area contributed by atoms with Gasteiger partial charge in [-0.15, -0.1) is 0 Å². The number of carbonyl (C=O) groups excluding carboxylic acids is 1. The Kier molecular flexibility index (Phi) is 7.80. The van der Waals surface area contributed by atoms with Gasteiger partial charge in [-0.25, -0.2) is 14.8 Å². The number of aryl methyl sites for hydroxylation is 2. The van der Waals surface area contributed by atoms with Gasteiger partial charge in [0.1, 0.15) is 6.33 Å². The monoisotopic (exact) mass is 552 g/mol. The Bertz CT molecular complexity index is 1340. The van der Waals surface area contributed by atoms with Crippen LogP contribution in [0.4, 0.5) is 10.5 Å². The zero-order valence-corrected chi connectivity index (χ0v) is 23.6. The summed E-state index contributed by atoms with van der Waals surface area (Å²) in [5, 5.41) is 3.76. The number of aromatic nitrogens is 2. The Morgan fingerprint density at radius 2 is 1.87 bits per heavy atom. The van der Waals surface area contributed by atoms with Crippen LogP contribution in [0, 0.1) is 6.92 Å². The largest absolute Gasteiger partial charge is 0.397 e. The van der Waals surface area contributed by atoms with Crippen molar-refractivity contribution >= 4 is 34.9 Å². The second-order valence-corrected chi connectivity index (χ2v) is 11.2. The Balaban J connectivity index is 1.18. The number of anilines is 1. The highest BCUT2D eigenvalue weighted by atomic mass is 35.5. The summed E-state index contributed by atoms with van der Waals surface area (Å²) in [7, 11) is 1.88. The lowest BCUT2D eigenvalue weighted by Crippen LogP contribution is -2.49. The van der Waals surface area contributed by atoms with Crippen LogP contribution in [0.1, 0.15) is 60.7 Å². The third-order valence-electron chi connectivity index (χ3n) is 8.05. The Labute approximate surface area is 234 Å². The van der Waals surface area contributed by atoms with Crippen LogP contribution in [0.2, 0.25) is 10.0 Å².